The van der Waals surface area contributed by atoms with E-state index < -0.39 is 0 Å². The molecule has 1 N–H and O–H groups in total. The number of hydrogen-bond acceptors (Lipinski definition) is 5. The third kappa shape index (κ3) is 5.82. The Bertz CT molecular complexity index is 315. The van der Waals surface area contributed by atoms with E-state index in [0.717, 1.165) is 42.9 Å². The Kier molecular flexibility index (Phi) is 8.00. The number of aromatic nitrogens is 4. The fourth-order valence-corrected chi connectivity index (χ4v) is 2.69. The summed E-state index contributed by atoms with van der Waals surface area (Å²) >= 11 is 1.76. The zero-order valence-corrected chi connectivity index (χ0v) is 12.5. The van der Waals surface area contributed by atoms with Gasteiger partial charge in [0.15, 0.2) is 0 Å². The SMILES string of the molecule is CCCNCCn1nnnc1SCC(C)CCC. The highest BCUT2D eigenvalue weighted by Crippen LogP contribution is 2.19. The van der Waals surface area contributed by atoms with E-state index >= 15 is 0 Å². The van der Waals surface area contributed by atoms with Crippen LogP contribution in [0.25, 0.3) is 0 Å². The van der Waals surface area contributed by atoms with Gasteiger partial charge in [-0.2, -0.15) is 0 Å². The van der Waals surface area contributed by atoms with Crippen molar-refractivity contribution in [2.24, 2.45) is 5.92 Å². The average molecular weight is 271 g/mol. The molecular weight excluding hydrogens is 246 g/mol. The van der Waals surface area contributed by atoms with Gasteiger partial charge in [-0.3, -0.25) is 0 Å². The number of nitrogens with one attached hydrogen (secondary N) is 1. The van der Waals surface area contributed by atoms with Gasteiger partial charge in [0.1, 0.15) is 0 Å². The summed E-state index contributed by atoms with van der Waals surface area (Å²) in [6.45, 7) is 9.51. The third-order valence-electron chi connectivity index (χ3n) is 2.70. The van der Waals surface area contributed by atoms with E-state index in [9.17, 15) is 0 Å². The van der Waals surface area contributed by atoms with Gasteiger partial charge in [-0.1, -0.05) is 45.4 Å². The Balaban J connectivity index is 2.30. The van der Waals surface area contributed by atoms with Gasteiger partial charge in [-0.05, 0) is 29.3 Å². The smallest absolute Gasteiger partial charge is 0.209 e. The minimum atomic E-state index is 0.725. The number of rotatable bonds is 10. The van der Waals surface area contributed by atoms with Crippen LogP contribution in [0.1, 0.15) is 40.0 Å². The number of nitrogens with zero attached hydrogens (tertiary/aromatic N) is 4. The average Bonchev–Trinajstić information content (AvgIpc) is 2.80. The molecule has 1 heterocycles. The van der Waals surface area contributed by atoms with E-state index in [0.29, 0.717) is 0 Å². The van der Waals surface area contributed by atoms with Crippen molar-refractivity contribution in [1.29, 1.82) is 0 Å². The first kappa shape index (κ1) is 15.4. The van der Waals surface area contributed by atoms with Crippen LogP contribution in [0.5, 0.6) is 0 Å². The van der Waals surface area contributed by atoms with E-state index in [2.05, 4.69) is 41.6 Å². The molecule has 1 rings (SSSR count). The second-order valence-corrected chi connectivity index (χ2v) is 5.63. The van der Waals surface area contributed by atoms with Crippen LogP contribution in [-0.2, 0) is 6.54 Å². The molecule has 0 radical (unpaired) electrons. The lowest BCUT2D eigenvalue weighted by molar-refractivity contribution is 0.509. The maximum atomic E-state index is 4.08. The van der Waals surface area contributed by atoms with Crippen LogP contribution in [0.3, 0.4) is 0 Å². The molecule has 6 heteroatoms. The van der Waals surface area contributed by atoms with Gasteiger partial charge in [-0.25, -0.2) is 4.68 Å². The van der Waals surface area contributed by atoms with Crippen LogP contribution in [-0.4, -0.2) is 39.0 Å². The summed E-state index contributed by atoms with van der Waals surface area (Å²) < 4.78 is 1.89. The molecule has 0 aliphatic rings. The van der Waals surface area contributed by atoms with Crippen molar-refractivity contribution in [3.63, 3.8) is 0 Å². The molecule has 0 fully saturated rings. The largest absolute Gasteiger partial charge is 0.315 e. The molecule has 0 saturated heterocycles. The number of tetrazole rings is 1. The van der Waals surface area contributed by atoms with Crippen LogP contribution in [0.2, 0.25) is 0 Å². The van der Waals surface area contributed by atoms with Crippen molar-refractivity contribution in [1.82, 2.24) is 25.5 Å². The zero-order valence-electron chi connectivity index (χ0n) is 11.7. The first-order valence-electron chi connectivity index (χ1n) is 6.87. The molecule has 104 valence electrons. The molecule has 0 spiro atoms. The Labute approximate surface area is 114 Å². The van der Waals surface area contributed by atoms with E-state index in [-0.39, 0.29) is 0 Å². The fourth-order valence-electron chi connectivity index (χ4n) is 1.72. The maximum Gasteiger partial charge on any atom is 0.209 e. The molecule has 5 nitrogen and oxygen atoms in total. The summed E-state index contributed by atoms with van der Waals surface area (Å²) in [6, 6.07) is 0. The van der Waals surface area contributed by atoms with Crippen LogP contribution in [0, 0.1) is 5.92 Å². The summed E-state index contributed by atoms with van der Waals surface area (Å²) in [6.07, 6.45) is 3.67. The number of thioether (sulfide) groups is 1. The predicted octanol–water partition coefficient (Wildman–Crippen LogP) is 2.20. The molecule has 1 unspecified atom stereocenters. The molecule has 0 aromatic carbocycles. The normalized spacial score (nSPS) is 12.8. The standard InChI is InChI=1S/C12H25N5S/c1-4-6-11(3)10-18-12-14-15-16-17(12)9-8-13-7-5-2/h11,13H,4-10H2,1-3H3. The lowest BCUT2D eigenvalue weighted by Gasteiger charge is -2.09. The van der Waals surface area contributed by atoms with Gasteiger partial charge in [0.25, 0.3) is 0 Å². The van der Waals surface area contributed by atoms with Gasteiger partial charge in [0.2, 0.25) is 5.16 Å². The van der Waals surface area contributed by atoms with E-state index in [1.807, 2.05) is 4.68 Å². The molecule has 0 saturated carbocycles. The first-order chi connectivity index (χ1) is 8.77. The Morgan fingerprint density at radius 1 is 1.28 bits per heavy atom. The summed E-state index contributed by atoms with van der Waals surface area (Å²) in [7, 11) is 0. The Morgan fingerprint density at radius 2 is 2.11 bits per heavy atom. The molecule has 18 heavy (non-hydrogen) atoms. The molecule has 1 aromatic heterocycles. The highest BCUT2D eigenvalue weighted by Gasteiger charge is 2.08. The Hall–Kier alpha value is -0.620. The molecule has 0 amide bonds. The third-order valence-corrected chi connectivity index (χ3v) is 3.99. The number of hydrogen-bond donors (Lipinski definition) is 1. The van der Waals surface area contributed by atoms with Gasteiger partial charge in [0.05, 0.1) is 6.54 Å². The maximum absolute atomic E-state index is 4.08. The second-order valence-electron chi connectivity index (χ2n) is 4.64. The monoisotopic (exact) mass is 271 g/mol. The minimum Gasteiger partial charge on any atom is -0.315 e. The summed E-state index contributed by atoms with van der Waals surface area (Å²) in [5, 5.41) is 16.2. The lowest BCUT2D eigenvalue weighted by Crippen LogP contribution is -2.21. The quantitative estimate of drug-likeness (QED) is 0.522. The van der Waals surface area contributed by atoms with Crippen molar-refractivity contribution >= 4 is 11.8 Å². The zero-order chi connectivity index (χ0) is 13.2. The second kappa shape index (κ2) is 9.33. The van der Waals surface area contributed by atoms with Crippen molar-refractivity contribution < 1.29 is 0 Å². The van der Waals surface area contributed by atoms with E-state index in [1.165, 1.54) is 12.8 Å². The van der Waals surface area contributed by atoms with E-state index in [1.54, 1.807) is 11.8 Å². The summed E-state index contributed by atoms with van der Waals surface area (Å²) in [4.78, 5) is 0. The Morgan fingerprint density at radius 3 is 2.83 bits per heavy atom. The lowest BCUT2D eigenvalue weighted by atomic mass is 10.1. The van der Waals surface area contributed by atoms with E-state index in [4.69, 9.17) is 0 Å². The minimum absolute atomic E-state index is 0.725. The molecule has 0 aliphatic carbocycles. The van der Waals surface area contributed by atoms with Gasteiger partial charge < -0.3 is 5.32 Å². The first-order valence-corrected chi connectivity index (χ1v) is 7.86. The summed E-state index contributed by atoms with van der Waals surface area (Å²) in [5.74, 6) is 1.82. The fraction of sp³-hybridized carbons (Fsp3) is 0.917. The molecule has 0 bridgehead atoms. The van der Waals surface area contributed by atoms with Crippen LogP contribution in [0.4, 0.5) is 0 Å². The van der Waals surface area contributed by atoms with Crippen molar-refractivity contribution in [3.05, 3.63) is 0 Å². The molecule has 1 atom stereocenters. The van der Waals surface area contributed by atoms with Crippen molar-refractivity contribution in [2.75, 3.05) is 18.8 Å². The van der Waals surface area contributed by atoms with Gasteiger partial charge in [0, 0.05) is 12.3 Å². The van der Waals surface area contributed by atoms with Crippen LogP contribution >= 0.6 is 11.8 Å². The molecule has 1 aromatic rings. The van der Waals surface area contributed by atoms with Crippen LogP contribution < -0.4 is 5.32 Å². The predicted molar refractivity (Wildman–Crippen MR) is 75.8 cm³/mol. The van der Waals surface area contributed by atoms with Gasteiger partial charge in [-0.15, -0.1) is 5.10 Å². The van der Waals surface area contributed by atoms with Crippen LogP contribution in [0.15, 0.2) is 5.16 Å². The highest BCUT2D eigenvalue weighted by molar-refractivity contribution is 7.99. The van der Waals surface area contributed by atoms with Crippen molar-refractivity contribution in [2.45, 2.75) is 51.7 Å². The highest BCUT2D eigenvalue weighted by atomic mass is 32.2. The molecule has 0 aliphatic heterocycles. The van der Waals surface area contributed by atoms with Gasteiger partial charge >= 0.3 is 0 Å². The molecular formula is C12H25N5S. The summed E-state index contributed by atoms with van der Waals surface area (Å²) in [5.41, 5.74) is 0. The topological polar surface area (TPSA) is 55.6 Å². The van der Waals surface area contributed by atoms with Crippen molar-refractivity contribution in [3.8, 4) is 0 Å².